The van der Waals surface area contributed by atoms with E-state index in [0.717, 1.165) is 0 Å². The summed E-state index contributed by atoms with van der Waals surface area (Å²) >= 11 is 0. The zero-order valence-corrected chi connectivity index (χ0v) is 8.61. The monoisotopic (exact) mass is 197 g/mol. The number of carbonyl (C=O) groups is 1. The van der Waals surface area contributed by atoms with E-state index in [9.17, 15) is 4.79 Å². The highest BCUT2D eigenvalue weighted by Gasteiger charge is 2.25. The maximum absolute atomic E-state index is 11.5. The van der Waals surface area contributed by atoms with E-state index >= 15 is 0 Å². The third-order valence-corrected chi connectivity index (χ3v) is 1.52. The quantitative estimate of drug-likeness (QED) is 0.639. The fourth-order valence-electron chi connectivity index (χ4n) is 0.962. The molecule has 0 spiro atoms. The minimum Gasteiger partial charge on any atom is -0.479 e. The Balaban J connectivity index is 2.69. The molecular formula is C10H15NO3. The smallest absolute Gasteiger partial charge is 0.339 e. The third-order valence-electron chi connectivity index (χ3n) is 1.52. The second kappa shape index (κ2) is 3.84. The van der Waals surface area contributed by atoms with Crippen LogP contribution in [0.2, 0.25) is 0 Å². The first kappa shape index (κ1) is 10.8. The van der Waals surface area contributed by atoms with Crippen LogP contribution < -0.4 is 5.73 Å². The summed E-state index contributed by atoms with van der Waals surface area (Å²) in [5, 5.41) is 0. The van der Waals surface area contributed by atoms with Gasteiger partial charge in [-0.25, -0.2) is 4.79 Å². The number of rotatable bonds is 1. The van der Waals surface area contributed by atoms with Crippen molar-refractivity contribution in [1.82, 2.24) is 0 Å². The molecule has 0 aromatic heterocycles. The minimum absolute atomic E-state index is 0.336. The molecule has 1 aliphatic rings. The molecule has 14 heavy (non-hydrogen) atoms. The Morgan fingerprint density at radius 3 is 2.71 bits per heavy atom. The molecule has 0 radical (unpaired) electrons. The van der Waals surface area contributed by atoms with E-state index in [1.165, 1.54) is 6.26 Å². The highest BCUT2D eigenvalue weighted by atomic mass is 16.6. The van der Waals surface area contributed by atoms with Crippen LogP contribution >= 0.6 is 0 Å². The summed E-state index contributed by atoms with van der Waals surface area (Å²) in [6.07, 6.45) is 3.93. The van der Waals surface area contributed by atoms with Crippen molar-refractivity contribution in [2.75, 3.05) is 0 Å². The van der Waals surface area contributed by atoms with Crippen molar-refractivity contribution in [3.8, 4) is 0 Å². The fourth-order valence-corrected chi connectivity index (χ4v) is 0.962. The van der Waals surface area contributed by atoms with Crippen molar-refractivity contribution in [2.24, 2.45) is 5.73 Å². The van der Waals surface area contributed by atoms with E-state index < -0.39 is 17.8 Å². The zero-order valence-electron chi connectivity index (χ0n) is 8.61. The number of nitrogens with two attached hydrogens (primary N) is 1. The van der Waals surface area contributed by atoms with Gasteiger partial charge < -0.3 is 9.47 Å². The van der Waals surface area contributed by atoms with Crippen molar-refractivity contribution < 1.29 is 14.3 Å². The van der Waals surface area contributed by atoms with Gasteiger partial charge in [0.15, 0.2) is 6.23 Å². The number of carbonyl (C=O) groups excluding carboxylic acids is 1. The third kappa shape index (κ3) is 2.88. The average molecular weight is 197 g/mol. The molecule has 0 saturated carbocycles. The van der Waals surface area contributed by atoms with Gasteiger partial charge in [-0.2, -0.15) is 0 Å². The summed E-state index contributed by atoms with van der Waals surface area (Å²) in [5.74, 6) is -0.436. The number of hydrogen-bond donors (Lipinski definition) is 1. The van der Waals surface area contributed by atoms with Crippen molar-refractivity contribution in [1.29, 1.82) is 0 Å². The summed E-state index contributed by atoms with van der Waals surface area (Å²) in [7, 11) is 0. The van der Waals surface area contributed by atoms with Gasteiger partial charge in [0.1, 0.15) is 5.60 Å². The van der Waals surface area contributed by atoms with Gasteiger partial charge >= 0.3 is 5.97 Å². The van der Waals surface area contributed by atoms with Crippen LogP contribution in [0.25, 0.3) is 0 Å². The normalized spacial score (nSPS) is 21.1. The van der Waals surface area contributed by atoms with E-state index in [2.05, 4.69) is 0 Å². The van der Waals surface area contributed by atoms with Crippen molar-refractivity contribution in [3.05, 3.63) is 24.0 Å². The van der Waals surface area contributed by atoms with Gasteiger partial charge in [0.2, 0.25) is 0 Å². The van der Waals surface area contributed by atoms with E-state index in [-0.39, 0.29) is 0 Å². The Bertz CT molecular complexity index is 286. The van der Waals surface area contributed by atoms with Crippen molar-refractivity contribution in [3.63, 3.8) is 0 Å². The topological polar surface area (TPSA) is 61.5 Å². The van der Waals surface area contributed by atoms with Crippen LogP contribution in [0.1, 0.15) is 20.8 Å². The van der Waals surface area contributed by atoms with Crippen molar-refractivity contribution in [2.45, 2.75) is 32.6 Å². The molecule has 1 unspecified atom stereocenters. The van der Waals surface area contributed by atoms with Crippen LogP contribution in [0, 0.1) is 0 Å². The Labute approximate surface area is 83.4 Å². The van der Waals surface area contributed by atoms with E-state index in [0.29, 0.717) is 5.57 Å². The summed E-state index contributed by atoms with van der Waals surface area (Å²) in [6, 6.07) is 0. The molecule has 78 valence electrons. The number of hydrogen-bond acceptors (Lipinski definition) is 4. The molecule has 0 aromatic carbocycles. The lowest BCUT2D eigenvalue weighted by Crippen LogP contribution is -2.34. The molecule has 0 bridgehead atoms. The first-order valence-electron chi connectivity index (χ1n) is 4.41. The molecule has 1 aliphatic heterocycles. The number of esters is 1. The molecule has 1 rings (SSSR count). The van der Waals surface area contributed by atoms with E-state index in [1.54, 1.807) is 32.9 Å². The SMILES string of the molecule is CC(C)(C)OC(=O)C1=CC=COC1N. The van der Waals surface area contributed by atoms with Gasteiger partial charge in [0.25, 0.3) is 0 Å². The Morgan fingerprint density at radius 2 is 2.21 bits per heavy atom. The largest absolute Gasteiger partial charge is 0.479 e. The molecule has 0 aromatic rings. The lowest BCUT2D eigenvalue weighted by molar-refractivity contribution is -0.151. The van der Waals surface area contributed by atoms with Gasteiger partial charge in [-0.3, -0.25) is 5.73 Å². The van der Waals surface area contributed by atoms with Gasteiger partial charge in [-0.1, -0.05) is 0 Å². The van der Waals surface area contributed by atoms with E-state index in [4.69, 9.17) is 15.2 Å². The molecule has 2 N–H and O–H groups in total. The summed E-state index contributed by atoms with van der Waals surface area (Å²) in [4.78, 5) is 11.5. The average Bonchev–Trinajstić information content (AvgIpc) is 2.01. The molecule has 4 heteroatoms. The maximum Gasteiger partial charge on any atom is 0.339 e. The number of allylic oxidation sites excluding steroid dienone is 2. The van der Waals surface area contributed by atoms with Gasteiger partial charge in [-0.15, -0.1) is 0 Å². The first-order chi connectivity index (χ1) is 6.40. The van der Waals surface area contributed by atoms with Crippen LogP contribution in [-0.4, -0.2) is 17.8 Å². The summed E-state index contributed by atoms with van der Waals surface area (Å²) in [6.45, 7) is 5.41. The van der Waals surface area contributed by atoms with Crippen molar-refractivity contribution >= 4 is 5.97 Å². The summed E-state index contributed by atoms with van der Waals surface area (Å²) in [5.41, 5.74) is 5.38. The van der Waals surface area contributed by atoms with E-state index in [1.807, 2.05) is 0 Å². The zero-order chi connectivity index (χ0) is 10.8. The molecule has 1 heterocycles. The fraction of sp³-hybridized carbons (Fsp3) is 0.500. The van der Waals surface area contributed by atoms with Crippen LogP contribution in [0.5, 0.6) is 0 Å². The molecule has 0 saturated heterocycles. The minimum atomic E-state index is -0.727. The van der Waals surface area contributed by atoms with Crippen LogP contribution in [-0.2, 0) is 14.3 Å². The molecule has 1 atom stereocenters. The predicted octanol–water partition coefficient (Wildman–Crippen LogP) is 1.08. The standard InChI is InChI=1S/C10H15NO3/c1-10(2,3)14-9(12)7-5-4-6-13-8(7)11/h4-6,8H,11H2,1-3H3. The lowest BCUT2D eigenvalue weighted by Gasteiger charge is -2.23. The van der Waals surface area contributed by atoms with Gasteiger partial charge in [0.05, 0.1) is 11.8 Å². The first-order valence-corrected chi connectivity index (χ1v) is 4.41. The van der Waals surface area contributed by atoms with Gasteiger partial charge in [-0.05, 0) is 32.9 Å². The maximum atomic E-state index is 11.5. The molecule has 4 nitrogen and oxygen atoms in total. The second-order valence-corrected chi connectivity index (χ2v) is 4.01. The predicted molar refractivity (Wildman–Crippen MR) is 52.1 cm³/mol. The highest BCUT2D eigenvalue weighted by molar-refractivity contribution is 5.90. The Morgan fingerprint density at radius 1 is 1.57 bits per heavy atom. The molecule has 0 fully saturated rings. The Hall–Kier alpha value is -1.29. The molecule has 0 aliphatic carbocycles. The van der Waals surface area contributed by atoms with Crippen LogP contribution in [0.3, 0.4) is 0 Å². The Kier molecular flexibility index (Phi) is 2.96. The van der Waals surface area contributed by atoms with Crippen LogP contribution in [0.4, 0.5) is 0 Å². The van der Waals surface area contributed by atoms with Gasteiger partial charge in [0, 0.05) is 0 Å². The van der Waals surface area contributed by atoms with Crippen LogP contribution in [0.15, 0.2) is 24.0 Å². The summed E-state index contributed by atoms with van der Waals surface area (Å²) < 4.78 is 10.1. The molecule has 0 amide bonds. The lowest BCUT2D eigenvalue weighted by atomic mass is 10.1. The molecular weight excluding hydrogens is 182 g/mol. The number of ether oxygens (including phenoxy) is 2. The highest BCUT2D eigenvalue weighted by Crippen LogP contribution is 2.15. The second-order valence-electron chi connectivity index (χ2n) is 4.01.